The summed E-state index contributed by atoms with van der Waals surface area (Å²) in [7, 11) is 0. The van der Waals surface area contributed by atoms with Crippen LogP contribution in [0.4, 0.5) is 0 Å². The fourth-order valence-electron chi connectivity index (χ4n) is 2.80. The van der Waals surface area contributed by atoms with Crippen LogP contribution < -0.4 is 10.5 Å². The van der Waals surface area contributed by atoms with E-state index in [1.807, 2.05) is 0 Å². The van der Waals surface area contributed by atoms with Crippen molar-refractivity contribution in [3.8, 4) is 0 Å². The molecule has 0 aromatic heterocycles. The van der Waals surface area contributed by atoms with Crippen molar-refractivity contribution in [2.24, 2.45) is 0 Å². The van der Waals surface area contributed by atoms with Gasteiger partial charge in [-0.3, -0.25) is 0 Å². The first-order valence-corrected chi connectivity index (χ1v) is 12.0. The van der Waals surface area contributed by atoms with Gasteiger partial charge >= 0.3 is 147 Å². The van der Waals surface area contributed by atoms with Crippen molar-refractivity contribution in [2.45, 2.75) is 26.7 Å². The van der Waals surface area contributed by atoms with E-state index in [0.717, 1.165) is 0 Å². The first-order chi connectivity index (χ1) is 11.1. The van der Waals surface area contributed by atoms with Gasteiger partial charge in [0.1, 0.15) is 0 Å². The van der Waals surface area contributed by atoms with E-state index in [1.165, 1.54) is 21.7 Å². The Balaban J connectivity index is 2.08. The predicted molar refractivity (Wildman–Crippen MR) is 103 cm³/mol. The molecule has 0 aliphatic carbocycles. The van der Waals surface area contributed by atoms with Gasteiger partial charge in [-0.25, -0.2) is 0 Å². The third kappa shape index (κ3) is 3.88. The SMILES string of the molecule is Cc1ccc[c]([Sb]([c]2ccccc2)[c]2ccc(C(C)C)cc2)c1. The van der Waals surface area contributed by atoms with Crippen LogP contribution in [0.15, 0.2) is 78.9 Å². The Morgan fingerprint density at radius 1 is 0.652 bits per heavy atom. The van der Waals surface area contributed by atoms with Crippen LogP contribution in [0.3, 0.4) is 0 Å². The zero-order chi connectivity index (χ0) is 16.2. The second-order valence-electron chi connectivity index (χ2n) is 6.26. The summed E-state index contributed by atoms with van der Waals surface area (Å²) < 4.78 is 4.60. The number of hydrogen-bond donors (Lipinski definition) is 0. The van der Waals surface area contributed by atoms with Gasteiger partial charge in [-0.15, -0.1) is 0 Å². The summed E-state index contributed by atoms with van der Waals surface area (Å²) in [5, 5.41) is 0. The molecule has 0 unspecified atom stereocenters. The molecule has 0 nitrogen and oxygen atoms in total. The molecule has 0 aliphatic heterocycles. The van der Waals surface area contributed by atoms with E-state index < -0.39 is 20.2 Å². The Morgan fingerprint density at radius 2 is 1.26 bits per heavy atom. The zero-order valence-electron chi connectivity index (χ0n) is 14.0. The van der Waals surface area contributed by atoms with Crippen molar-refractivity contribution in [3.63, 3.8) is 0 Å². The molecule has 0 bridgehead atoms. The molecule has 116 valence electrons. The minimum absolute atomic E-state index is 0.588. The molecule has 23 heavy (non-hydrogen) atoms. The molecule has 1 heteroatoms. The monoisotopic (exact) mass is 408 g/mol. The van der Waals surface area contributed by atoms with Crippen molar-refractivity contribution in [1.29, 1.82) is 0 Å². The van der Waals surface area contributed by atoms with Gasteiger partial charge in [0.05, 0.1) is 0 Å². The fraction of sp³-hybridized carbons (Fsp3) is 0.182. The minimum atomic E-state index is -1.93. The van der Waals surface area contributed by atoms with Crippen molar-refractivity contribution in [3.05, 3.63) is 90.0 Å². The number of rotatable bonds is 4. The molecule has 0 spiro atoms. The Morgan fingerprint density at radius 3 is 1.87 bits per heavy atom. The maximum atomic E-state index is 2.38. The summed E-state index contributed by atoms with van der Waals surface area (Å²) in [6.45, 7) is 6.70. The predicted octanol–water partition coefficient (Wildman–Crippen LogP) is 3.63. The van der Waals surface area contributed by atoms with Crippen molar-refractivity contribution in [2.75, 3.05) is 0 Å². The molecule has 0 atom stereocenters. The molecule has 0 N–H and O–H groups in total. The Hall–Kier alpha value is -1.52. The summed E-state index contributed by atoms with van der Waals surface area (Å²) in [4.78, 5) is 0. The summed E-state index contributed by atoms with van der Waals surface area (Å²) >= 11 is -1.93. The molecule has 0 amide bonds. The summed E-state index contributed by atoms with van der Waals surface area (Å²) in [6, 6.07) is 29.5. The van der Waals surface area contributed by atoms with Crippen molar-refractivity contribution in [1.82, 2.24) is 0 Å². The van der Waals surface area contributed by atoms with Gasteiger partial charge in [0.2, 0.25) is 0 Å². The first-order valence-electron chi connectivity index (χ1n) is 8.17. The van der Waals surface area contributed by atoms with Crippen LogP contribution in [-0.4, -0.2) is 20.2 Å². The molecule has 3 aromatic carbocycles. The molecule has 0 heterocycles. The Bertz CT molecular complexity index is 757. The van der Waals surface area contributed by atoms with Crippen LogP contribution in [0.5, 0.6) is 0 Å². The van der Waals surface area contributed by atoms with E-state index in [4.69, 9.17) is 0 Å². The molecular weight excluding hydrogens is 386 g/mol. The van der Waals surface area contributed by atoms with Crippen LogP contribution in [0, 0.1) is 6.92 Å². The molecule has 3 rings (SSSR count). The maximum absolute atomic E-state index is 2.38. The summed E-state index contributed by atoms with van der Waals surface area (Å²) in [5.41, 5.74) is 2.78. The van der Waals surface area contributed by atoms with Crippen LogP contribution in [0.25, 0.3) is 0 Å². The van der Waals surface area contributed by atoms with Gasteiger partial charge < -0.3 is 0 Å². The van der Waals surface area contributed by atoms with E-state index in [9.17, 15) is 0 Å². The second-order valence-corrected chi connectivity index (χ2v) is 12.6. The average molecular weight is 409 g/mol. The van der Waals surface area contributed by atoms with Gasteiger partial charge in [0.25, 0.3) is 0 Å². The third-order valence-corrected chi connectivity index (χ3v) is 11.0. The molecule has 0 aliphatic rings. The van der Waals surface area contributed by atoms with Crippen molar-refractivity contribution < 1.29 is 0 Å². The van der Waals surface area contributed by atoms with Crippen LogP contribution in [-0.2, 0) is 0 Å². The Labute approximate surface area is 147 Å². The zero-order valence-corrected chi connectivity index (χ0v) is 16.6. The van der Waals surface area contributed by atoms with E-state index in [-0.39, 0.29) is 0 Å². The number of hydrogen-bond acceptors (Lipinski definition) is 0. The molecule has 0 saturated carbocycles. The third-order valence-electron chi connectivity index (χ3n) is 4.09. The van der Waals surface area contributed by atoms with Gasteiger partial charge in [-0.1, -0.05) is 0 Å². The van der Waals surface area contributed by atoms with E-state index >= 15 is 0 Å². The van der Waals surface area contributed by atoms with Gasteiger partial charge in [0.15, 0.2) is 0 Å². The summed E-state index contributed by atoms with van der Waals surface area (Å²) in [6.07, 6.45) is 0. The first kappa shape index (κ1) is 16.3. The fourth-order valence-corrected chi connectivity index (χ4v) is 9.59. The van der Waals surface area contributed by atoms with Gasteiger partial charge in [0, 0.05) is 0 Å². The quantitative estimate of drug-likeness (QED) is 0.578. The molecule has 0 fully saturated rings. The van der Waals surface area contributed by atoms with E-state index in [2.05, 4.69) is 99.6 Å². The average Bonchev–Trinajstić information content (AvgIpc) is 2.57. The van der Waals surface area contributed by atoms with Gasteiger partial charge in [-0.2, -0.15) is 0 Å². The molecule has 3 aromatic rings. The van der Waals surface area contributed by atoms with E-state index in [1.54, 1.807) is 0 Å². The second kappa shape index (κ2) is 7.37. The van der Waals surface area contributed by atoms with E-state index in [0.29, 0.717) is 5.92 Å². The number of benzene rings is 3. The molecular formula is C22H23Sb. The molecule has 0 radical (unpaired) electrons. The molecule has 0 saturated heterocycles. The topological polar surface area (TPSA) is 0 Å². The van der Waals surface area contributed by atoms with Crippen LogP contribution in [0.2, 0.25) is 0 Å². The van der Waals surface area contributed by atoms with Gasteiger partial charge in [-0.05, 0) is 0 Å². The Kier molecular flexibility index (Phi) is 5.23. The standard InChI is InChI=1S/C9H11.C7H7.C6H5.Sb/c1-8(2)9-6-4-3-5-7-9;1-7-5-3-2-4-6-7;1-2-4-6-5-3-1;/h4-8H,1-2H3;2-3,5-6H,1H3;1-5H;. The summed E-state index contributed by atoms with van der Waals surface area (Å²) in [5.74, 6) is 0.588. The van der Waals surface area contributed by atoms with Crippen molar-refractivity contribution >= 4 is 30.7 Å². The normalized spacial score (nSPS) is 11.2. The van der Waals surface area contributed by atoms with Crippen LogP contribution >= 0.6 is 0 Å². The van der Waals surface area contributed by atoms with Crippen LogP contribution in [0.1, 0.15) is 30.9 Å². The number of aryl methyl sites for hydroxylation is 1.